The molecule has 1 heterocycles. The molecule has 2 aromatic rings. The van der Waals surface area contributed by atoms with Gasteiger partial charge < -0.3 is 23.8 Å². The first-order valence-electron chi connectivity index (χ1n) is 9.95. The fourth-order valence-corrected chi connectivity index (χ4v) is 5.49. The summed E-state index contributed by atoms with van der Waals surface area (Å²) >= 11 is 1.74. The minimum atomic E-state index is -0.500. The molecular weight excluding hydrogens is 402 g/mol. The minimum absolute atomic E-state index is 0.139. The van der Waals surface area contributed by atoms with Gasteiger partial charge in [-0.05, 0) is 25.0 Å². The molecule has 0 radical (unpaired) electrons. The molecule has 4 rings (SSSR count). The van der Waals surface area contributed by atoms with Gasteiger partial charge in [-0.25, -0.2) is 0 Å². The summed E-state index contributed by atoms with van der Waals surface area (Å²) in [5.74, 6) is 3.71. The molecule has 0 spiro atoms. The van der Waals surface area contributed by atoms with E-state index in [2.05, 4.69) is 0 Å². The van der Waals surface area contributed by atoms with Crippen LogP contribution in [0.4, 0.5) is 0 Å². The fraction of sp³-hybridized carbons (Fsp3) is 0.435. The molecule has 2 aromatic carbocycles. The van der Waals surface area contributed by atoms with Crippen LogP contribution in [0.2, 0.25) is 0 Å². The van der Waals surface area contributed by atoms with Crippen molar-refractivity contribution in [2.75, 3.05) is 40.7 Å². The Morgan fingerprint density at radius 3 is 2.20 bits per heavy atom. The molecule has 7 heteroatoms. The van der Waals surface area contributed by atoms with E-state index in [4.69, 9.17) is 18.9 Å². The number of thioether (sulfide) groups is 1. The molecule has 2 fully saturated rings. The van der Waals surface area contributed by atoms with Crippen LogP contribution in [-0.4, -0.2) is 51.5 Å². The van der Waals surface area contributed by atoms with E-state index in [1.54, 1.807) is 40.2 Å². The summed E-state index contributed by atoms with van der Waals surface area (Å²) in [6.07, 6.45) is 1.67. The maximum absolute atomic E-state index is 13.8. The number of hydrogen-bond donors (Lipinski definition) is 0. The fourth-order valence-electron chi connectivity index (χ4n) is 4.22. The van der Waals surface area contributed by atoms with Gasteiger partial charge in [-0.3, -0.25) is 4.79 Å². The Morgan fingerprint density at radius 1 is 0.933 bits per heavy atom. The molecular formula is C23H27NO5S. The molecule has 1 saturated heterocycles. The highest BCUT2D eigenvalue weighted by Gasteiger charge is 2.56. The monoisotopic (exact) mass is 429 g/mol. The normalized spacial score (nSPS) is 19.3. The number of benzene rings is 2. The van der Waals surface area contributed by atoms with Crippen LogP contribution < -0.4 is 18.9 Å². The molecule has 6 nitrogen and oxygen atoms in total. The molecule has 0 aromatic heterocycles. The van der Waals surface area contributed by atoms with E-state index in [9.17, 15) is 4.79 Å². The second-order valence-corrected chi connectivity index (χ2v) is 8.64. The van der Waals surface area contributed by atoms with Gasteiger partial charge in [0, 0.05) is 29.5 Å². The van der Waals surface area contributed by atoms with E-state index in [1.807, 2.05) is 41.3 Å². The van der Waals surface area contributed by atoms with Gasteiger partial charge in [-0.15, -0.1) is 11.8 Å². The second kappa shape index (κ2) is 8.30. The number of ether oxygens (including phenoxy) is 4. The van der Waals surface area contributed by atoms with Crippen molar-refractivity contribution in [1.29, 1.82) is 0 Å². The lowest BCUT2D eigenvalue weighted by molar-refractivity contribution is -0.134. The predicted octanol–water partition coefficient (Wildman–Crippen LogP) is 4.03. The Labute approximate surface area is 181 Å². The van der Waals surface area contributed by atoms with Crippen LogP contribution >= 0.6 is 11.8 Å². The SMILES string of the molecule is COc1cc(OC)c(C2SCCN2C(=O)C2(c3ccccc3OC)CC2)cc1OC. The summed E-state index contributed by atoms with van der Waals surface area (Å²) in [7, 11) is 6.50. The van der Waals surface area contributed by atoms with Gasteiger partial charge in [-0.2, -0.15) is 0 Å². The second-order valence-electron chi connectivity index (χ2n) is 7.45. The number of hydrogen-bond acceptors (Lipinski definition) is 6. The molecule has 1 atom stereocenters. The first kappa shape index (κ1) is 20.7. The number of methoxy groups -OCH3 is 4. The molecule has 0 N–H and O–H groups in total. The largest absolute Gasteiger partial charge is 0.496 e. The van der Waals surface area contributed by atoms with Gasteiger partial charge in [0.25, 0.3) is 0 Å². The highest BCUT2D eigenvalue weighted by molar-refractivity contribution is 7.99. The maximum Gasteiger partial charge on any atom is 0.234 e. The van der Waals surface area contributed by atoms with Crippen LogP contribution in [0.3, 0.4) is 0 Å². The quantitative estimate of drug-likeness (QED) is 0.663. The van der Waals surface area contributed by atoms with Crippen molar-refractivity contribution in [3.8, 4) is 23.0 Å². The summed E-state index contributed by atoms with van der Waals surface area (Å²) < 4.78 is 22.1. The van der Waals surface area contributed by atoms with Crippen molar-refractivity contribution in [2.24, 2.45) is 0 Å². The Morgan fingerprint density at radius 2 is 1.57 bits per heavy atom. The van der Waals surface area contributed by atoms with Gasteiger partial charge in [-0.1, -0.05) is 18.2 Å². The maximum atomic E-state index is 13.8. The number of carbonyl (C=O) groups excluding carboxylic acids is 1. The molecule has 160 valence electrons. The average Bonchev–Trinajstić information content (AvgIpc) is 3.46. The Kier molecular flexibility index (Phi) is 5.73. The van der Waals surface area contributed by atoms with Gasteiger partial charge in [0.05, 0.1) is 33.9 Å². The number of rotatable bonds is 7. The highest BCUT2D eigenvalue weighted by atomic mass is 32.2. The summed E-state index contributed by atoms with van der Waals surface area (Å²) in [6, 6.07) is 11.6. The molecule has 1 aliphatic carbocycles. The van der Waals surface area contributed by atoms with Gasteiger partial charge >= 0.3 is 0 Å². The molecule has 0 bridgehead atoms. The molecule has 1 unspecified atom stereocenters. The molecule has 1 saturated carbocycles. The Balaban J connectivity index is 1.70. The molecule has 1 aliphatic heterocycles. The zero-order chi connectivity index (χ0) is 21.3. The van der Waals surface area contributed by atoms with Gasteiger partial charge in [0.15, 0.2) is 11.5 Å². The lowest BCUT2D eigenvalue weighted by Gasteiger charge is -2.30. The first-order valence-corrected chi connectivity index (χ1v) is 11.0. The standard InChI is InChI=1S/C23H27NO5S/c1-26-17-8-6-5-7-16(17)23(9-10-23)22(25)24-11-12-30-21(24)15-13-19(28-3)20(29-4)14-18(15)27-2/h5-8,13-14,21H,9-12H2,1-4H3. The van der Waals surface area contributed by atoms with Crippen molar-refractivity contribution >= 4 is 17.7 Å². The lowest BCUT2D eigenvalue weighted by atomic mass is 9.93. The van der Waals surface area contributed by atoms with Crippen LogP contribution in [0.1, 0.15) is 29.3 Å². The van der Waals surface area contributed by atoms with Crippen LogP contribution in [-0.2, 0) is 10.2 Å². The first-order chi connectivity index (χ1) is 14.6. The Hall–Kier alpha value is -2.54. The van der Waals surface area contributed by atoms with E-state index >= 15 is 0 Å². The summed E-state index contributed by atoms with van der Waals surface area (Å²) in [5.41, 5.74) is 1.40. The summed E-state index contributed by atoms with van der Waals surface area (Å²) in [4.78, 5) is 15.8. The predicted molar refractivity (Wildman–Crippen MR) is 117 cm³/mol. The number of nitrogens with zero attached hydrogens (tertiary/aromatic N) is 1. The number of para-hydroxylation sites is 1. The van der Waals surface area contributed by atoms with Crippen LogP contribution in [0.15, 0.2) is 36.4 Å². The van der Waals surface area contributed by atoms with Crippen LogP contribution in [0.5, 0.6) is 23.0 Å². The average molecular weight is 430 g/mol. The zero-order valence-electron chi connectivity index (χ0n) is 17.8. The Bertz CT molecular complexity index is 943. The van der Waals surface area contributed by atoms with E-state index < -0.39 is 5.41 Å². The zero-order valence-corrected chi connectivity index (χ0v) is 18.6. The highest BCUT2D eigenvalue weighted by Crippen LogP contribution is 2.55. The lowest BCUT2D eigenvalue weighted by Crippen LogP contribution is -2.39. The molecule has 30 heavy (non-hydrogen) atoms. The van der Waals surface area contributed by atoms with Crippen molar-refractivity contribution < 1.29 is 23.7 Å². The summed E-state index contributed by atoms with van der Waals surface area (Å²) in [5, 5.41) is -0.139. The van der Waals surface area contributed by atoms with E-state index in [1.165, 1.54) is 0 Å². The van der Waals surface area contributed by atoms with Gasteiger partial charge in [0.1, 0.15) is 16.9 Å². The third-order valence-electron chi connectivity index (χ3n) is 5.94. The minimum Gasteiger partial charge on any atom is -0.496 e. The smallest absolute Gasteiger partial charge is 0.234 e. The topological polar surface area (TPSA) is 57.2 Å². The van der Waals surface area contributed by atoms with E-state index in [0.29, 0.717) is 23.8 Å². The van der Waals surface area contributed by atoms with Gasteiger partial charge in [0.2, 0.25) is 5.91 Å². The third-order valence-corrected chi connectivity index (χ3v) is 7.18. The van der Waals surface area contributed by atoms with Crippen molar-refractivity contribution in [1.82, 2.24) is 4.90 Å². The van der Waals surface area contributed by atoms with Crippen molar-refractivity contribution in [3.05, 3.63) is 47.5 Å². The summed E-state index contributed by atoms with van der Waals surface area (Å²) in [6.45, 7) is 0.697. The van der Waals surface area contributed by atoms with Crippen LogP contribution in [0.25, 0.3) is 0 Å². The van der Waals surface area contributed by atoms with Crippen molar-refractivity contribution in [2.45, 2.75) is 23.6 Å². The number of amides is 1. The molecule has 1 amide bonds. The van der Waals surface area contributed by atoms with Crippen molar-refractivity contribution in [3.63, 3.8) is 0 Å². The van der Waals surface area contributed by atoms with E-state index in [-0.39, 0.29) is 11.3 Å². The number of carbonyl (C=O) groups is 1. The molecule has 2 aliphatic rings. The van der Waals surface area contributed by atoms with E-state index in [0.717, 1.165) is 35.5 Å². The van der Waals surface area contributed by atoms with Crippen LogP contribution in [0, 0.1) is 0 Å². The third kappa shape index (κ3) is 3.35.